The third kappa shape index (κ3) is 48.8. The summed E-state index contributed by atoms with van der Waals surface area (Å²) in [5.74, 6) is -2.27. The van der Waals surface area contributed by atoms with Crippen LogP contribution in [-0.2, 0) is 87.4 Å². The highest BCUT2D eigenvalue weighted by atomic mass is 16.6. The zero-order chi connectivity index (χ0) is 69.2. The third-order valence-electron chi connectivity index (χ3n) is 12.9. The van der Waals surface area contributed by atoms with Gasteiger partial charge in [0.1, 0.15) is 37.0 Å². The molecule has 0 heterocycles. The number of hydrogen-bond donors (Lipinski definition) is 15. The number of primary amides is 2. The summed E-state index contributed by atoms with van der Waals surface area (Å²) in [6.45, 7) is 12.0. The van der Waals surface area contributed by atoms with Gasteiger partial charge in [0.2, 0.25) is 23.6 Å². The van der Waals surface area contributed by atoms with E-state index in [1.165, 1.54) is 0 Å². The maximum atomic E-state index is 13.5. The number of ether oxygens (including phenoxy) is 13. The molecule has 0 aliphatic rings. The first-order chi connectivity index (χ1) is 45.4. The van der Waals surface area contributed by atoms with Crippen LogP contribution in [0.25, 0.3) is 0 Å². The number of aliphatic hydroxyl groups excluding tert-OH is 5. The Morgan fingerprint density at radius 2 is 0.904 bits per heavy atom. The topological polar surface area (TPSA) is 503 Å². The van der Waals surface area contributed by atoms with Crippen LogP contribution in [-0.4, -0.2) is 301 Å². The second-order valence-electron chi connectivity index (χ2n) is 21.0. The lowest BCUT2D eigenvalue weighted by atomic mass is 10.0. The molecule has 7 atom stereocenters. The number of anilines is 1. The van der Waals surface area contributed by atoms with Crippen molar-refractivity contribution in [3.63, 3.8) is 0 Å². The zero-order valence-corrected chi connectivity index (χ0v) is 54.5. The quantitative estimate of drug-likeness (QED) is 0.0278. The van der Waals surface area contributed by atoms with Crippen molar-refractivity contribution in [2.75, 3.05) is 197 Å². The van der Waals surface area contributed by atoms with Crippen molar-refractivity contribution in [2.45, 2.75) is 102 Å². The van der Waals surface area contributed by atoms with Crippen LogP contribution in [0.4, 0.5) is 20.1 Å². The molecule has 35 nitrogen and oxygen atoms in total. The van der Waals surface area contributed by atoms with Crippen molar-refractivity contribution in [3.05, 3.63) is 29.8 Å². The van der Waals surface area contributed by atoms with Gasteiger partial charge in [-0.1, -0.05) is 26.0 Å². The minimum absolute atomic E-state index is 0.0549. The Balaban J connectivity index is 1.92. The van der Waals surface area contributed by atoms with Gasteiger partial charge >= 0.3 is 18.2 Å². The lowest BCUT2D eigenvalue weighted by Crippen LogP contribution is -2.56. The number of nitrogens with one attached hydrogen (secondary N) is 7. The molecule has 18 N–H and O–H groups in total. The normalized spacial score (nSPS) is 13.6. The number of benzene rings is 1. The van der Waals surface area contributed by atoms with Crippen molar-refractivity contribution in [1.82, 2.24) is 31.9 Å². The van der Waals surface area contributed by atoms with Gasteiger partial charge in [-0.25, -0.2) is 14.4 Å². The summed E-state index contributed by atoms with van der Waals surface area (Å²) in [7, 11) is 0. The Kier molecular flexibility index (Phi) is 53.7. The molecule has 35 heteroatoms. The fraction of sp³-hybridized carbons (Fsp3) is 0.780. The van der Waals surface area contributed by atoms with E-state index >= 15 is 0 Å². The molecule has 544 valence electrons. The van der Waals surface area contributed by atoms with E-state index in [0.29, 0.717) is 189 Å². The van der Waals surface area contributed by atoms with Crippen molar-refractivity contribution in [1.29, 1.82) is 0 Å². The summed E-state index contributed by atoms with van der Waals surface area (Å²) < 4.78 is 70.5. The summed E-state index contributed by atoms with van der Waals surface area (Å²) in [5, 5.41) is 65.5. The van der Waals surface area contributed by atoms with E-state index in [4.69, 9.17) is 83.9 Å². The Morgan fingerprint density at radius 3 is 1.34 bits per heavy atom. The molecule has 0 aliphatic carbocycles. The average Bonchev–Trinajstić information content (AvgIpc) is 1.24. The van der Waals surface area contributed by atoms with Crippen LogP contribution in [0.15, 0.2) is 24.3 Å². The Hall–Kier alpha value is -5.81. The average molecular weight is 1360 g/mol. The predicted octanol–water partition coefficient (Wildman–Crippen LogP) is -3.77. The number of nitrogens with two attached hydrogens (primary N) is 3. The molecule has 0 aliphatic heterocycles. The van der Waals surface area contributed by atoms with Crippen LogP contribution in [0.3, 0.4) is 0 Å². The van der Waals surface area contributed by atoms with Gasteiger partial charge in [0.05, 0.1) is 177 Å². The molecule has 0 fully saturated rings. The lowest BCUT2D eigenvalue weighted by molar-refractivity contribution is -0.132. The standard InChI is InChI=1S/C59H108N10O25/c1-43(2)51(56(78)68-47(7-5-14-64-57(61)79)55(77)67-45-10-8-44(9-11-45)42-94-58(62)80)69-54(76)46(60)6-3-4-13-63-50(73)12-16-82-18-20-84-22-24-86-26-28-88-30-32-90-34-36-92-38-39-93-37-35-91-33-31-89-29-27-87-25-23-85-21-19-83-17-15-65-59(81)66-40-48(71)52(74)53(75)49(72)41-70/h8-11,43,46-49,51-53,70-72,74-75H,3-7,12-42,60H2,1-2H3,(H2,62,80)(H,63,73)(H,67,77)(H,68,78)(H,69,76)(H3,61,64,79)(H2,65,66,81)/t46-,47-,48-,49+,51-,52+,53+/m0/s1. The Labute approximate surface area is 549 Å². The monoisotopic (exact) mass is 1360 g/mol. The molecule has 0 saturated carbocycles. The number of unbranched alkanes of at least 4 members (excludes halogenated alkanes) is 1. The van der Waals surface area contributed by atoms with Gasteiger partial charge in [-0.2, -0.15) is 0 Å². The maximum absolute atomic E-state index is 13.5. The number of aliphatic hydroxyl groups is 5. The minimum atomic E-state index is -1.78. The SMILES string of the molecule is CC(C)[C@H](NC(=O)[C@@H](N)CCCCNC(=O)CCOCCOCCOCCOCCOCCOCCOCCOCCOCCOCCOCCOCCNC(=O)NC[C@H](O)[C@@H](O)[C@H](O)[C@H](O)CO)C(=O)N[C@@H](CCCNC(N)=O)C(=O)Nc1ccc(COC(N)=O)cc1. The fourth-order valence-corrected chi connectivity index (χ4v) is 7.71. The maximum Gasteiger partial charge on any atom is 0.404 e. The summed E-state index contributed by atoms with van der Waals surface area (Å²) in [5.41, 5.74) is 17.4. The van der Waals surface area contributed by atoms with Gasteiger partial charge in [-0.05, 0) is 55.7 Å². The van der Waals surface area contributed by atoms with Crippen LogP contribution in [0.2, 0.25) is 0 Å². The van der Waals surface area contributed by atoms with Crippen LogP contribution in [0.1, 0.15) is 57.9 Å². The molecule has 1 aromatic rings. The Bertz CT molecular complexity index is 2120. The van der Waals surface area contributed by atoms with Gasteiger partial charge in [0, 0.05) is 38.3 Å². The number of carbonyl (C=O) groups is 7. The van der Waals surface area contributed by atoms with Gasteiger partial charge in [-0.3, -0.25) is 19.2 Å². The van der Waals surface area contributed by atoms with Crippen LogP contribution >= 0.6 is 0 Å². The summed E-state index contributed by atoms with van der Waals surface area (Å²) >= 11 is 0. The van der Waals surface area contributed by atoms with E-state index in [1.54, 1.807) is 38.1 Å². The second-order valence-corrected chi connectivity index (χ2v) is 21.0. The fourth-order valence-electron chi connectivity index (χ4n) is 7.71. The molecule has 0 bridgehead atoms. The number of carbonyl (C=O) groups excluding carboxylic acids is 7. The summed E-state index contributed by atoms with van der Waals surface area (Å²) in [6, 6.07) is 2.03. The van der Waals surface area contributed by atoms with Crippen LogP contribution in [0, 0.1) is 5.92 Å². The highest BCUT2D eigenvalue weighted by Gasteiger charge is 2.31. The highest BCUT2D eigenvalue weighted by Crippen LogP contribution is 2.13. The minimum Gasteiger partial charge on any atom is -0.445 e. The van der Waals surface area contributed by atoms with Gasteiger partial charge in [0.25, 0.3) is 0 Å². The molecule has 0 aromatic heterocycles. The first kappa shape index (κ1) is 86.2. The van der Waals surface area contributed by atoms with E-state index in [9.17, 15) is 54.0 Å². The largest absolute Gasteiger partial charge is 0.445 e. The molecule has 0 spiro atoms. The number of rotatable bonds is 63. The molecule has 0 radical (unpaired) electrons. The second kappa shape index (κ2) is 58.5. The van der Waals surface area contributed by atoms with E-state index in [1.807, 2.05) is 0 Å². The molecule has 1 rings (SSSR count). The van der Waals surface area contributed by atoms with Crippen LogP contribution in [0.5, 0.6) is 0 Å². The van der Waals surface area contributed by atoms with Crippen molar-refractivity contribution >= 4 is 47.5 Å². The van der Waals surface area contributed by atoms with Crippen molar-refractivity contribution < 1.29 is 121 Å². The number of amides is 9. The van der Waals surface area contributed by atoms with E-state index in [0.717, 1.165) is 0 Å². The summed E-state index contributed by atoms with van der Waals surface area (Å²) in [6.07, 6.45) is -5.71. The first-order valence-corrected chi connectivity index (χ1v) is 31.6. The lowest BCUT2D eigenvalue weighted by Gasteiger charge is -2.26. The van der Waals surface area contributed by atoms with Gasteiger partial charge in [-0.15, -0.1) is 0 Å². The molecule has 0 saturated heterocycles. The predicted molar refractivity (Wildman–Crippen MR) is 337 cm³/mol. The molecular formula is C59H108N10O25. The van der Waals surface area contributed by atoms with Crippen LogP contribution < -0.4 is 54.4 Å². The third-order valence-corrected chi connectivity index (χ3v) is 12.9. The van der Waals surface area contributed by atoms with Gasteiger partial charge < -0.3 is 142 Å². The van der Waals surface area contributed by atoms with E-state index < -0.39 is 91.6 Å². The summed E-state index contributed by atoms with van der Waals surface area (Å²) in [4.78, 5) is 86.2. The number of urea groups is 2. The molecule has 1 aromatic carbocycles. The smallest absolute Gasteiger partial charge is 0.404 e. The highest BCUT2D eigenvalue weighted by molar-refractivity contribution is 5.98. The van der Waals surface area contributed by atoms with Crippen molar-refractivity contribution in [3.8, 4) is 0 Å². The zero-order valence-electron chi connectivity index (χ0n) is 54.5. The molecule has 94 heavy (non-hydrogen) atoms. The van der Waals surface area contributed by atoms with Crippen molar-refractivity contribution in [2.24, 2.45) is 23.1 Å². The molecular weight excluding hydrogens is 1250 g/mol. The van der Waals surface area contributed by atoms with E-state index in [-0.39, 0.29) is 57.6 Å². The molecule has 0 unspecified atom stereocenters. The van der Waals surface area contributed by atoms with E-state index in [2.05, 4.69) is 37.2 Å². The van der Waals surface area contributed by atoms with Gasteiger partial charge in [0.15, 0.2) is 0 Å². The number of hydrogen-bond acceptors (Lipinski definition) is 26. The molecule has 9 amide bonds. The Morgan fingerprint density at radius 1 is 0.468 bits per heavy atom. The first-order valence-electron chi connectivity index (χ1n) is 31.6.